The molecule has 2 aliphatic heterocycles. The number of piperidine rings is 1. The van der Waals surface area contributed by atoms with Crippen LogP contribution < -0.4 is 10.2 Å². The molecular formula is C19H24N4. The molecule has 0 saturated carbocycles. The van der Waals surface area contributed by atoms with Gasteiger partial charge in [-0.15, -0.1) is 0 Å². The molecule has 0 unspecified atom stereocenters. The third-order valence-corrected chi connectivity index (χ3v) is 5.33. The van der Waals surface area contributed by atoms with Crippen molar-refractivity contribution in [3.05, 3.63) is 47.8 Å². The average Bonchev–Trinajstić information content (AvgIpc) is 2.62. The van der Waals surface area contributed by atoms with Crippen LogP contribution in [0.25, 0.3) is 0 Å². The number of aromatic nitrogens is 2. The molecule has 2 bridgehead atoms. The van der Waals surface area contributed by atoms with Crippen LogP contribution in [0.4, 0.5) is 11.6 Å². The summed E-state index contributed by atoms with van der Waals surface area (Å²) >= 11 is 0. The van der Waals surface area contributed by atoms with Gasteiger partial charge < -0.3 is 10.2 Å². The maximum atomic E-state index is 4.56. The summed E-state index contributed by atoms with van der Waals surface area (Å²) < 4.78 is 0. The van der Waals surface area contributed by atoms with Gasteiger partial charge in [0, 0.05) is 24.6 Å². The molecule has 4 heteroatoms. The van der Waals surface area contributed by atoms with Crippen molar-refractivity contribution >= 4 is 11.6 Å². The first-order valence-corrected chi connectivity index (χ1v) is 8.70. The summed E-state index contributed by atoms with van der Waals surface area (Å²) in [4.78, 5) is 11.4. The van der Waals surface area contributed by atoms with E-state index in [1.807, 2.05) is 0 Å². The fraction of sp³-hybridized carbons (Fsp3) is 0.474. The van der Waals surface area contributed by atoms with E-state index in [1.54, 1.807) is 11.9 Å². The molecule has 1 N–H and O–H groups in total. The van der Waals surface area contributed by atoms with Crippen molar-refractivity contribution < 1.29 is 0 Å². The number of nitrogens with one attached hydrogen (secondary N) is 1. The highest BCUT2D eigenvalue weighted by atomic mass is 15.2. The van der Waals surface area contributed by atoms with Crippen molar-refractivity contribution in [2.24, 2.45) is 0 Å². The minimum absolute atomic E-state index is 0.427. The monoisotopic (exact) mass is 308 g/mol. The van der Waals surface area contributed by atoms with E-state index < -0.39 is 0 Å². The molecule has 3 aliphatic rings. The number of anilines is 2. The van der Waals surface area contributed by atoms with Crippen LogP contribution >= 0.6 is 0 Å². The van der Waals surface area contributed by atoms with Gasteiger partial charge in [-0.1, -0.05) is 31.2 Å². The Morgan fingerprint density at radius 2 is 2.04 bits per heavy atom. The minimum Gasteiger partial charge on any atom is -0.367 e. The number of nitrogens with zero attached hydrogens (tertiary/aromatic N) is 3. The van der Waals surface area contributed by atoms with Crippen LogP contribution in [0.15, 0.2) is 36.7 Å². The maximum absolute atomic E-state index is 4.56. The molecule has 1 aliphatic carbocycles. The van der Waals surface area contributed by atoms with Crippen LogP contribution in [0.5, 0.6) is 0 Å². The molecule has 2 aromatic rings. The van der Waals surface area contributed by atoms with Gasteiger partial charge in [-0.25, -0.2) is 9.97 Å². The van der Waals surface area contributed by atoms with E-state index in [0.717, 1.165) is 24.6 Å². The molecule has 0 spiro atoms. The number of hydrogen-bond donors (Lipinski definition) is 1. The summed E-state index contributed by atoms with van der Waals surface area (Å²) in [6, 6.07) is 11.9. The summed E-state index contributed by atoms with van der Waals surface area (Å²) in [6.45, 7) is 5.43. The molecule has 3 heterocycles. The Kier molecular flexibility index (Phi) is 3.68. The standard InChI is InChI=1S/C19H24N4/c1-3-13(2)22-18-10-19(21-12-20-18)23-11-14-8-9-17(23)16-7-5-4-6-15(14)16/h4-7,10,12-14,17H,3,8-9,11H2,1-2H3,(H,20,21,22)/t13-,14-,17+/m1/s1. The summed E-state index contributed by atoms with van der Waals surface area (Å²) in [5.41, 5.74) is 3.04. The zero-order valence-corrected chi connectivity index (χ0v) is 13.9. The number of rotatable bonds is 4. The van der Waals surface area contributed by atoms with Crippen LogP contribution in [0, 0.1) is 0 Å². The van der Waals surface area contributed by atoms with Gasteiger partial charge in [0.2, 0.25) is 0 Å². The smallest absolute Gasteiger partial charge is 0.134 e. The molecule has 0 amide bonds. The molecule has 120 valence electrons. The van der Waals surface area contributed by atoms with Crippen LogP contribution in [-0.2, 0) is 0 Å². The van der Waals surface area contributed by atoms with Gasteiger partial charge in [-0.2, -0.15) is 0 Å². The molecule has 1 saturated heterocycles. The number of benzene rings is 1. The lowest BCUT2D eigenvalue weighted by Crippen LogP contribution is -2.42. The van der Waals surface area contributed by atoms with Crippen molar-refractivity contribution in [2.75, 3.05) is 16.8 Å². The Hall–Kier alpha value is -2.10. The first-order chi connectivity index (χ1) is 11.3. The van der Waals surface area contributed by atoms with E-state index >= 15 is 0 Å². The quantitative estimate of drug-likeness (QED) is 0.922. The molecular weight excluding hydrogens is 284 g/mol. The Bertz CT molecular complexity index is 699. The van der Waals surface area contributed by atoms with Gasteiger partial charge in [0.05, 0.1) is 6.04 Å². The van der Waals surface area contributed by atoms with Crippen molar-refractivity contribution in [2.45, 2.75) is 51.1 Å². The maximum Gasteiger partial charge on any atom is 0.134 e. The highest BCUT2D eigenvalue weighted by Crippen LogP contribution is 2.47. The van der Waals surface area contributed by atoms with Crippen LogP contribution in [-0.4, -0.2) is 22.6 Å². The molecule has 0 radical (unpaired) electrons. The molecule has 3 atom stereocenters. The van der Waals surface area contributed by atoms with Crippen LogP contribution in [0.2, 0.25) is 0 Å². The number of hydrogen-bond acceptors (Lipinski definition) is 4. The zero-order valence-electron chi connectivity index (χ0n) is 13.9. The lowest BCUT2D eigenvalue weighted by atomic mass is 9.75. The number of fused-ring (bicyclic) bond motifs is 2. The third kappa shape index (κ3) is 2.56. The lowest BCUT2D eigenvalue weighted by molar-refractivity contribution is 0.387. The van der Waals surface area contributed by atoms with Gasteiger partial charge in [-0.3, -0.25) is 0 Å². The fourth-order valence-electron chi connectivity index (χ4n) is 3.92. The summed E-state index contributed by atoms with van der Waals surface area (Å²) in [5, 5.41) is 3.46. The van der Waals surface area contributed by atoms with E-state index in [2.05, 4.69) is 64.4 Å². The van der Waals surface area contributed by atoms with E-state index in [1.165, 1.54) is 18.4 Å². The van der Waals surface area contributed by atoms with Crippen molar-refractivity contribution in [3.63, 3.8) is 0 Å². The fourth-order valence-corrected chi connectivity index (χ4v) is 3.92. The predicted molar refractivity (Wildman–Crippen MR) is 93.9 cm³/mol. The van der Waals surface area contributed by atoms with Crippen molar-refractivity contribution in [3.8, 4) is 0 Å². The van der Waals surface area contributed by atoms with E-state index in [0.29, 0.717) is 18.0 Å². The Labute approximate surface area is 138 Å². The van der Waals surface area contributed by atoms with E-state index in [4.69, 9.17) is 0 Å². The molecule has 1 aromatic heterocycles. The largest absolute Gasteiger partial charge is 0.367 e. The highest BCUT2D eigenvalue weighted by Gasteiger charge is 2.38. The van der Waals surface area contributed by atoms with Gasteiger partial charge in [0.15, 0.2) is 0 Å². The molecule has 1 fully saturated rings. The molecule has 23 heavy (non-hydrogen) atoms. The van der Waals surface area contributed by atoms with E-state index in [-0.39, 0.29) is 0 Å². The summed E-state index contributed by atoms with van der Waals surface area (Å²) in [7, 11) is 0. The van der Waals surface area contributed by atoms with Gasteiger partial charge in [0.1, 0.15) is 18.0 Å². The third-order valence-electron chi connectivity index (χ3n) is 5.33. The molecule has 5 rings (SSSR count). The second-order valence-electron chi connectivity index (χ2n) is 6.79. The average molecular weight is 308 g/mol. The topological polar surface area (TPSA) is 41.0 Å². The minimum atomic E-state index is 0.427. The Morgan fingerprint density at radius 3 is 2.87 bits per heavy atom. The first kappa shape index (κ1) is 14.5. The van der Waals surface area contributed by atoms with Crippen LogP contribution in [0.1, 0.15) is 56.2 Å². The van der Waals surface area contributed by atoms with Crippen LogP contribution in [0.3, 0.4) is 0 Å². The van der Waals surface area contributed by atoms with Gasteiger partial charge >= 0.3 is 0 Å². The van der Waals surface area contributed by atoms with Crippen molar-refractivity contribution in [1.82, 2.24) is 9.97 Å². The normalized spacial score (nSPS) is 23.5. The van der Waals surface area contributed by atoms with Crippen molar-refractivity contribution in [1.29, 1.82) is 0 Å². The summed E-state index contributed by atoms with van der Waals surface area (Å²) in [5.74, 6) is 2.62. The highest BCUT2D eigenvalue weighted by molar-refractivity contribution is 5.54. The Morgan fingerprint density at radius 1 is 1.22 bits per heavy atom. The first-order valence-electron chi connectivity index (χ1n) is 8.70. The second kappa shape index (κ2) is 5.84. The predicted octanol–water partition coefficient (Wildman–Crippen LogP) is 4.13. The lowest BCUT2D eigenvalue weighted by Gasteiger charge is -2.47. The summed E-state index contributed by atoms with van der Waals surface area (Å²) in [6.07, 6.45) is 5.29. The van der Waals surface area contributed by atoms with Gasteiger partial charge in [-0.05, 0) is 37.3 Å². The SMILES string of the molecule is CC[C@@H](C)Nc1cc(N2C[C@H]3CC[C@H]2c2ccccc23)ncn1. The molecule has 1 aromatic carbocycles. The van der Waals surface area contributed by atoms with E-state index in [9.17, 15) is 0 Å². The second-order valence-corrected chi connectivity index (χ2v) is 6.79. The molecule has 4 nitrogen and oxygen atoms in total. The zero-order chi connectivity index (χ0) is 15.8. The van der Waals surface area contributed by atoms with Gasteiger partial charge in [0.25, 0.3) is 0 Å². The Balaban J connectivity index is 1.64.